The maximum Gasteiger partial charge on any atom is 0.0350 e. The lowest BCUT2D eigenvalue weighted by atomic mass is 10.1. The Morgan fingerprint density at radius 3 is 3.00 bits per heavy atom. The van der Waals surface area contributed by atoms with Crippen LogP contribution in [0.15, 0.2) is 30.2 Å². The minimum Gasteiger partial charge on any atom is -0.399 e. The largest absolute Gasteiger partial charge is 0.399 e. The standard InChI is InChI=1S/C10H9NS/c1-2-7-6-12-10-4-3-8(11)5-9(7)10/h2-6H,1,11H2. The summed E-state index contributed by atoms with van der Waals surface area (Å²) in [5.74, 6) is 0. The van der Waals surface area contributed by atoms with Gasteiger partial charge in [0.1, 0.15) is 0 Å². The molecule has 1 nitrogen and oxygen atoms in total. The van der Waals surface area contributed by atoms with Crippen molar-refractivity contribution in [2.24, 2.45) is 0 Å². The predicted molar refractivity (Wildman–Crippen MR) is 56.3 cm³/mol. The molecule has 2 rings (SSSR count). The fourth-order valence-electron chi connectivity index (χ4n) is 1.22. The quantitative estimate of drug-likeness (QED) is 0.662. The zero-order valence-corrected chi connectivity index (χ0v) is 7.40. The number of nitrogens with two attached hydrogens (primary N) is 1. The molecular weight excluding hydrogens is 166 g/mol. The fourth-order valence-corrected chi connectivity index (χ4v) is 2.15. The van der Waals surface area contributed by atoms with Crippen LogP contribution in [0.2, 0.25) is 0 Å². The molecule has 2 heteroatoms. The van der Waals surface area contributed by atoms with Crippen LogP contribution in [-0.2, 0) is 0 Å². The van der Waals surface area contributed by atoms with Gasteiger partial charge in [-0.05, 0) is 29.1 Å². The Hall–Kier alpha value is -1.28. The molecule has 0 spiro atoms. The lowest BCUT2D eigenvalue weighted by Gasteiger charge is -1.93. The Labute approximate surface area is 75.1 Å². The van der Waals surface area contributed by atoms with Gasteiger partial charge in [0.15, 0.2) is 0 Å². The van der Waals surface area contributed by atoms with Gasteiger partial charge in [0, 0.05) is 15.8 Å². The second kappa shape index (κ2) is 2.64. The van der Waals surface area contributed by atoms with Crippen LogP contribution in [0.25, 0.3) is 16.2 Å². The van der Waals surface area contributed by atoms with E-state index in [1.54, 1.807) is 11.3 Å². The third-order valence-corrected chi connectivity index (χ3v) is 2.83. The molecule has 0 atom stereocenters. The summed E-state index contributed by atoms with van der Waals surface area (Å²) in [6.45, 7) is 3.75. The van der Waals surface area contributed by atoms with E-state index in [2.05, 4.69) is 12.0 Å². The minimum absolute atomic E-state index is 0.809. The predicted octanol–water partition coefficient (Wildman–Crippen LogP) is 3.13. The van der Waals surface area contributed by atoms with Gasteiger partial charge in [-0.1, -0.05) is 12.7 Å². The van der Waals surface area contributed by atoms with Gasteiger partial charge < -0.3 is 5.73 Å². The normalized spacial score (nSPS) is 10.3. The molecule has 0 radical (unpaired) electrons. The summed E-state index contributed by atoms with van der Waals surface area (Å²) in [6.07, 6.45) is 1.86. The molecule has 0 aliphatic carbocycles. The SMILES string of the molecule is C=Cc1csc2ccc(N)cc12. The maximum absolute atomic E-state index is 5.68. The average Bonchev–Trinajstić information content (AvgIpc) is 2.46. The van der Waals surface area contributed by atoms with Crippen molar-refractivity contribution in [3.63, 3.8) is 0 Å². The highest BCUT2D eigenvalue weighted by molar-refractivity contribution is 7.17. The van der Waals surface area contributed by atoms with Crippen LogP contribution in [0.5, 0.6) is 0 Å². The van der Waals surface area contributed by atoms with Crippen LogP contribution in [0, 0.1) is 0 Å². The monoisotopic (exact) mass is 175 g/mol. The third-order valence-electron chi connectivity index (χ3n) is 1.85. The molecule has 0 bridgehead atoms. The smallest absolute Gasteiger partial charge is 0.0350 e. The van der Waals surface area contributed by atoms with Crippen molar-refractivity contribution in [1.82, 2.24) is 0 Å². The van der Waals surface area contributed by atoms with Crippen LogP contribution in [0.4, 0.5) is 5.69 Å². The van der Waals surface area contributed by atoms with Crippen LogP contribution in [0.1, 0.15) is 5.56 Å². The van der Waals surface area contributed by atoms with Crippen molar-refractivity contribution in [3.05, 3.63) is 35.7 Å². The van der Waals surface area contributed by atoms with Gasteiger partial charge in [0.2, 0.25) is 0 Å². The molecule has 0 amide bonds. The molecule has 1 aromatic heterocycles. The second-order valence-corrected chi connectivity index (χ2v) is 3.56. The first-order valence-corrected chi connectivity index (χ1v) is 4.58. The number of fused-ring (bicyclic) bond motifs is 1. The van der Waals surface area contributed by atoms with Gasteiger partial charge in [0.05, 0.1) is 0 Å². The van der Waals surface area contributed by atoms with E-state index >= 15 is 0 Å². The minimum atomic E-state index is 0.809. The first-order valence-electron chi connectivity index (χ1n) is 3.70. The van der Waals surface area contributed by atoms with Crippen LogP contribution < -0.4 is 5.73 Å². The van der Waals surface area contributed by atoms with E-state index in [4.69, 9.17) is 5.73 Å². The highest BCUT2D eigenvalue weighted by Crippen LogP contribution is 2.28. The molecule has 0 saturated carbocycles. The van der Waals surface area contributed by atoms with E-state index in [1.807, 2.05) is 24.3 Å². The second-order valence-electron chi connectivity index (χ2n) is 2.65. The van der Waals surface area contributed by atoms with Gasteiger partial charge in [-0.2, -0.15) is 0 Å². The molecule has 60 valence electrons. The van der Waals surface area contributed by atoms with E-state index in [-0.39, 0.29) is 0 Å². The van der Waals surface area contributed by atoms with E-state index in [1.165, 1.54) is 15.6 Å². The summed E-state index contributed by atoms with van der Waals surface area (Å²) in [6, 6.07) is 5.96. The van der Waals surface area contributed by atoms with E-state index in [0.29, 0.717) is 0 Å². The summed E-state index contributed by atoms with van der Waals surface area (Å²) in [4.78, 5) is 0. The number of anilines is 1. The number of benzene rings is 1. The number of hydrogen-bond acceptors (Lipinski definition) is 2. The molecule has 0 saturated heterocycles. The number of thiophene rings is 1. The molecule has 0 fully saturated rings. The highest BCUT2D eigenvalue weighted by atomic mass is 32.1. The fraction of sp³-hybridized carbons (Fsp3) is 0. The Balaban J connectivity index is 2.83. The van der Waals surface area contributed by atoms with Crippen molar-refractivity contribution in [1.29, 1.82) is 0 Å². The van der Waals surface area contributed by atoms with E-state index in [0.717, 1.165) is 5.69 Å². The lowest BCUT2D eigenvalue weighted by Crippen LogP contribution is -1.81. The maximum atomic E-state index is 5.68. The molecule has 1 aromatic carbocycles. The van der Waals surface area contributed by atoms with E-state index in [9.17, 15) is 0 Å². The summed E-state index contributed by atoms with van der Waals surface area (Å²) in [5.41, 5.74) is 7.66. The molecule has 0 aliphatic heterocycles. The molecule has 1 heterocycles. The van der Waals surface area contributed by atoms with Crippen molar-refractivity contribution >= 4 is 33.2 Å². The molecule has 0 aliphatic rings. The molecule has 12 heavy (non-hydrogen) atoms. The van der Waals surface area contributed by atoms with E-state index < -0.39 is 0 Å². The third kappa shape index (κ3) is 1.01. The van der Waals surface area contributed by atoms with Crippen LogP contribution in [0.3, 0.4) is 0 Å². The van der Waals surface area contributed by atoms with Crippen molar-refractivity contribution in [2.45, 2.75) is 0 Å². The first-order chi connectivity index (χ1) is 5.81. The molecule has 0 unspecified atom stereocenters. The number of nitrogen functional groups attached to an aromatic ring is 1. The summed E-state index contributed by atoms with van der Waals surface area (Å²) in [5, 5.41) is 3.30. The summed E-state index contributed by atoms with van der Waals surface area (Å²) < 4.78 is 1.26. The Morgan fingerprint density at radius 1 is 1.42 bits per heavy atom. The van der Waals surface area contributed by atoms with Crippen molar-refractivity contribution in [2.75, 3.05) is 5.73 Å². The van der Waals surface area contributed by atoms with Gasteiger partial charge in [0.25, 0.3) is 0 Å². The van der Waals surface area contributed by atoms with Gasteiger partial charge in [-0.15, -0.1) is 11.3 Å². The van der Waals surface area contributed by atoms with Gasteiger partial charge >= 0.3 is 0 Å². The van der Waals surface area contributed by atoms with Gasteiger partial charge in [-0.25, -0.2) is 0 Å². The van der Waals surface area contributed by atoms with Crippen LogP contribution >= 0.6 is 11.3 Å². The van der Waals surface area contributed by atoms with Crippen LogP contribution in [-0.4, -0.2) is 0 Å². The first kappa shape index (κ1) is 7.37. The number of rotatable bonds is 1. The van der Waals surface area contributed by atoms with Crippen molar-refractivity contribution < 1.29 is 0 Å². The Bertz CT molecular complexity index is 428. The number of hydrogen-bond donors (Lipinski definition) is 1. The summed E-state index contributed by atoms with van der Waals surface area (Å²) in [7, 11) is 0. The van der Waals surface area contributed by atoms with Gasteiger partial charge in [-0.3, -0.25) is 0 Å². The molecule has 2 N–H and O–H groups in total. The topological polar surface area (TPSA) is 26.0 Å². The highest BCUT2D eigenvalue weighted by Gasteiger charge is 1.99. The molecular formula is C10H9NS. The Kier molecular flexibility index (Phi) is 1.62. The molecule has 2 aromatic rings. The van der Waals surface area contributed by atoms with Crippen molar-refractivity contribution in [3.8, 4) is 0 Å². The zero-order chi connectivity index (χ0) is 8.55. The average molecular weight is 175 g/mol. The lowest BCUT2D eigenvalue weighted by molar-refractivity contribution is 1.78. The Morgan fingerprint density at radius 2 is 2.25 bits per heavy atom. The zero-order valence-electron chi connectivity index (χ0n) is 6.58. The summed E-state index contributed by atoms with van der Waals surface area (Å²) >= 11 is 1.72.